The second-order valence-corrected chi connectivity index (χ2v) is 6.84. The van der Waals surface area contributed by atoms with E-state index < -0.39 is 0 Å². The van der Waals surface area contributed by atoms with Gasteiger partial charge in [0.05, 0.1) is 0 Å². The lowest BCUT2D eigenvalue weighted by Crippen LogP contribution is -2.31. The van der Waals surface area contributed by atoms with Crippen LogP contribution in [0.25, 0.3) is 0 Å². The third-order valence-corrected chi connectivity index (χ3v) is 5.27. The average molecular weight is 318 g/mol. The van der Waals surface area contributed by atoms with E-state index in [0.717, 1.165) is 30.3 Å². The Morgan fingerprint density at radius 2 is 2.05 bits per heavy atom. The molecule has 1 aromatic heterocycles. The maximum absolute atomic E-state index is 13.1. The van der Waals surface area contributed by atoms with Gasteiger partial charge in [0.1, 0.15) is 11.3 Å². The first-order chi connectivity index (χ1) is 10.7. The molecule has 1 aromatic carbocycles. The summed E-state index contributed by atoms with van der Waals surface area (Å²) in [5.74, 6) is -0.167. The van der Waals surface area contributed by atoms with Crippen LogP contribution >= 0.6 is 11.3 Å². The average Bonchev–Trinajstić information content (AvgIpc) is 3.21. The van der Waals surface area contributed by atoms with Gasteiger partial charge in [-0.05, 0) is 30.7 Å². The zero-order valence-electron chi connectivity index (χ0n) is 11.9. The first-order valence-corrected chi connectivity index (χ1v) is 8.10. The van der Waals surface area contributed by atoms with Crippen LogP contribution < -0.4 is 9.80 Å². The van der Waals surface area contributed by atoms with Gasteiger partial charge in [0.15, 0.2) is 0 Å². The molecule has 2 aliphatic rings. The zero-order chi connectivity index (χ0) is 15.2. The minimum Gasteiger partial charge on any atom is -0.346 e. The van der Waals surface area contributed by atoms with Gasteiger partial charge in [0.25, 0.3) is 0 Å². The molecule has 4 rings (SSSR count). The minimum atomic E-state index is -0.284. The van der Waals surface area contributed by atoms with E-state index in [4.69, 9.17) is 0 Å². The van der Waals surface area contributed by atoms with Crippen LogP contribution in [0.4, 0.5) is 15.2 Å². The Morgan fingerprint density at radius 3 is 2.77 bits per heavy atom. The van der Waals surface area contributed by atoms with Crippen LogP contribution in [0.1, 0.15) is 12.8 Å². The van der Waals surface area contributed by atoms with Gasteiger partial charge in [-0.1, -0.05) is 11.3 Å². The van der Waals surface area contributed by atoms with Crippen molar-refractivity contribution >= 4 is 28.1 Å². The lowest BCUT2D eigenvalue weighted by Gasteiger charge is -2.23. The van der Waals surface area contributed by atoms with Crippen molar-refractivity contribution in [3.63, 3.8) is 0 Å². The number of hydrogen-bond acceptors (Lipinski definition) is 5. The number of hydrogen-bond donors (Lipinski definition) is 0. The van der Waals surface area contributed by atoms with Gasteiger partial charge in [-0.25, -0.2) is 4.39 Å². The molecule has 0 aliphatic carbocycles. The van der Waals surface area contributed by atoms with Gasteiger partial charge < -0.3 is 9.80 Å². The molecule has 2 saturated heterocycles. The third-order valence-electron chi connectivity index (χ3n) is 4.52. The van der Waals surface area contributed by atoms with Crippen molar-refractivity contribution < 1.29 is 9.18 Å². The monoisotopic (exact) mass is 318 g/mol. The fraction of sp³-hybridized carbons (Fsp3) is 0.400. The van der Waals surface area contributed by atoms with E-state index in [1.165, 1.54) is 23.5 Å². The molecule has 2 aliphatic heterocycles. The second kappa shape index (κ2) is 5.01. The molecule has 0 saturated carbocycles. The van der Waals surface area contributed by atoms with Crippen molar-refractivity contribution in [2.24, 2.45) is 5.41 Å². The number of halogens is 1. The lowest BCUT2D eigenvalue weighted by atomic mass is 9.86. The molecule has 2 aromatic rings. The summed E-state index contributed by atoms with van der Waals surface area (Å²) < 4.78 is 13.1. The number of nitrogens with zero attached hydrogens (tertiary/aromatic N) is 4. The first-order valence-electron chi connectivity index (χ1n) is 7.22. The summed E-state index contributed by atoms with van der Waals surface area (Å²) >= 11 is 1.53. The van der Waals surface area contributed by atoms with Crippen LogP contribution in [0.3, 0.4) is 0 Å². The normalized spacial score (nSPS) is 24.7. The first kappa shape index (κ1) is 13.6. The van der Waals surface area contributed by atoms with Crippen molar-refractivity contribution in [2.75, 3.05) is 29.4 Å². The van der Waals surface area contributed by atoms with Crippen LogP contribution in [0.5, 0.6) is 0 Å². The fourth-order valence-corrected chi connectivity index (χ4v) is 4.02. The quantitative estimate of drug-likeness (QED) is 0.852. The summed E-state index contributed by atoms with van der Waals surface area (Å²) in [5.41, 5.74) is 2.47. The molecular formula is C15H15FN4OS. The van der Waals surface area contributed by atoms with E-state index in [9.17, 15) is 9.18 Å². The molecule has 0 unspecified atom stereocenters. The summed E-state index contributed by atoms with van der Waals surface area (Å²) in [5, 5.41) is 8.92. The van der Waals surface area contributed by atoms with E-state index in [2.05, 4.69) is 15.1 Å². The molecule has 0 radical (unpaired) electrons. The summed E-state index contributed by atoms with van der Waals surface area (Å²) in [6, 6.07) is 6.14. The molecule has 1 spiro atoms. The Balaban J connectivity index is 1.54. The summed E-state index contributed by atoms with van der Waals surface area (Å²) in [6.45, 7) is 2.41. The summed E-state index contributed by atoms with van der Waals surface area (Å²) in [6.07, 6.45) is 1.51. The van der Waals surface area contributed by atoms with E-state index in [0.29, 0.717) is 13.0 Å². The van der Waals surface area contributed by atoms with E-state index in [1.54, 1.807) is 22.5 Å². The molecule has 1 atom stereocenters. The smallest absolute Gasteiger partial charge is 0.227 e. The standard InChI is InChI=1S/C15H15FN4OS/c16-11-1-3-12(4-2-11)20-9-15(7-13(20)21)5-6-19(8-15)14-18-17-10-22-14/h1-4,10H,5-9H2/t15-/m0/s1. The van der Waals surface area contributed by atoms with E-state index >= 15 is 0 Å². The molecule has 3 heterocycles. The zero-order valence-corrected chi connectivity index (χ0v) is 12.7. The minimum absolute atomic E-state index is 0.0306. The topological polar surface area (TPSA) is 49.3 Å². The van der Waals surface area contributed by atoms with Crippen molar-refractivity contribution in [2.45, 2.75) is 12.8 Å². The lowest BCUT2D eigenvalue weighted by molar-refractivity contribution is -0.117. The molecule has 0 bridgehead atoms. The SMILES string of the molecule is O=C1C[C@]2(CCN(c3nncs3)C2)CN1c1ccc(F)cc1. The molecular weight excluding hydrogens is 303 g/mol. The molecule has 2 fully saturated rings. The predicted octanol–water partition coefficient (Wildman–Crippen LogP) is 2.31. The van der Waals surface area contributed by atoms with Crippen LogP contribution in [-0.4, -0.2) is 35.7 Å². The van der Waals surface area contributed by atoms with Gasteiger partial charge in [0.2, 0.25) is 11.0 Å². The number of anilines is 2. The van der Waals surface area contributed by atoms with E-state index in [-0.39, 0.29) is 17.1 Å². The number of aromatic nitrogens is 2. The highest BCUT2D eigenvalue weighted by Crippen LogP contribution is 2.43. The number of amides is 1. The summed E-state index contributed by atoms with van der Waals surface area (Å²) in [7, 11) is 0. The number of carbonyl (C=O) groups excluding carboxylic acids is 1. The molecule has 114 valence electrons. The predicted molar refractivity (Wildman–Crippen MR) is 82.5 cm³/mol. The highest BCUT2D eigenvalue weighted by molar-refractivity contribution is 7.13. The Labute approximate surface area is 131 Å². The van der Waals surface area contributed by atoms with Crippen LogP contribution in [0.2, 0.25) is 0 Å². The van der Waals surface area contributed by atoms with Gasteiger partial charge >= 0.3 is 0 Å². The summed E-state index contributed by atoms with van der Waals surface area (Å²) in [4.78, 5) is 16.4. The van der Waals surface area contributed by atoms with Crippen molar-refractivity contribution in [3.05, 3.63) is 35.6 Å². The van der Waals surface area contributed by atoms with Crippen molar-refractivity contribution in [3.8, 4) is 0 Å². The Kier molecular flexibility index (Phi) is 3.11. The second-order valence-electron chi connectivity index (χ2n) is 6.03. The molecule has 5 nitrogen and oxygen atoms in total. The van der Waals surface area contributed by atoms with Crippen LogP contribution in [0.15, 0.2) is 29.8 Å². The van der Waals surface area contributed by atoms with Crippen LogP contribution in [-0.2, 0) is 4.79 Å². The highest BCUT2D eigenvalue weighted by atomic mass is 32.1. The molecule has 0 N–H and O–H groups in total. The number of rotatable bonds is 2. The highest BCUT2D eigenvalue weighted by Gasteiger charge is 2.48. The maximum Gasteiger partial charge on any atom is 0.227 e. The fourth-order valence-electron chi connectivity index (χ4n) is 3.43. The molecule has 7 heteroatoms. The Morgan fingerprint density at radius 1 is 1.23 bits per heavy atom. The van der Waals surface area contributed by atoms with Gasteiger partial charge in [-0.15, -0.1) is 10.2 Å². The number of benzene rings is 1. The number of carbonyl (C=O) groups is 1. The Bertz CT molecular complexity index is 690. The van der Waals surface area contributed by atoms with Gasteiger partial charge in [0, 0.05) is 37.2 Å². The van der Waals surface area contributed by atoms with Crippen LogP contribution in [0, 0.1) is 11.2 Å². The molecule has 22 heavy (non-hydrogen) atoms. The Hall–Kier alpha value is -2.02. The third kappa shape index (κ3) is 2.25. The maximum atomic E-state index is 13.1. The largest absolute Gasteiger partial charge is 0.346 e. The van der Waals surface area contributed by atoms with Crippen molar-refractivity contribution in [1.82, 2.24) is 10.2 Å². The van der Waals surface area contributed by atoms with Gasteiger partial charge in [-0.3, -0.25) is 4.79 Å². The molecule has 1 amide bonds. The van der Waals surface area contributed by atoms with Crippen molar-refractivity contribution in [1.29, 1.82) is 0 Å². The van der Waals surface area contributed by atoms with E-state index in [1.807, 2.05) is 0 Å². The van der Waals surface area contributed by atoms with Gasteiger partial charge in [-0.2, -0.15) is 0 Å².